The third kappa shape index (κ3) is 3.51. The lowest BCUT2D eigenvalue weighted by Gasteiger charge is -2.35. The minimum atomic E-state index is 0.179. The van der Waals surface area contributed by atoms with Crippen LogP contribution >= 0.6 is 23.2 Å². The molecule has 2 heterocycles. The van der Waals surface area contributed by atoms with Crippen LogP contribution in [-0.2, 0) is 0 Å². The van der Waals surface area contributed by atoms with Gasteiger partial charge in [0, 0.05) is 53.4 Å². The van der Waals surface area contributed by atoms with Gasteiger partial charge in [0.1, 0.15) is 7.05 Å². The van der Waals surface area contributed by atoms with Crippen molar-refractivity contribution in [1.82, 2.24) is 4.90 Å². The fourth-order valence-corrected chi connectivity index (χ4v) is 7.86. The van der Waals surface area contributed by atoms with Gasteiger partial charge in [-0.1, -0.05) is 19.9 Å². The van der Waals surface area contributed by atoms with Gasteiger partial charge >= 0.3 is 0 Å². The molecule has 2 aliphatic carbocycles. The van der Waals surface area contributed by atoms with Crippen LogP contribution in [0.15, 0.2) is 23.9 Å². The van der Waals surface area contributed by atoms with E-state index in [-0.39, 0.29) is 10.8 Å². The summed E-state index contributed by atoms with van der Waals surface area (Å²) < 4.78 is 2.55. The summed E-state index contributed by atoms with van der Waals surface area (Å²) in [7, 11) is 4.57. The monoisotopic (exact) mass is 437 g/mol. The molecule has 162 valence electrons. The van der Waals surface area contributed by atoms with Gasteiger partial charge in [0.25, 0.3) is 0 Å². The molecule has 2 nitrogen and oxygen atoms in total. The molecule has 6 unspecified atom stereocenters. The summed E-state index contributed by atoms with van der Waals surface area (Å²) in [5.74, 6) is 1.32. The number of alkyl halides is 2. The van der Waals surface area contributed by atoms with Crippen LogP contribution in [0.1, 0.15) is 66.2 Å². The molecule has 0 spiro atoms. The van der Waals surface area contributed by atoms with E-state index in [0.29, 0.717) is 34.7 Å². The quantitative estimate of drug-likeness (QED) is 0.374. The minimum absolute atomic E-state index is 0.179. The SMILES string of the molecule is CN1C(=CC=CC2=[N+](C)C3CCC(Cl)CC3C2(C)C)C(C)(C)C2CC(Cl)CCC21. The summed E-state index contributed by atoms with van der Waals surface area (Å²) in [4.78, 5) is 2.55. The third-order valence-corrected chi connectivity index (χ3v) is 9.73. The van der Waals surface area contributed by atoms with Crippen LogP contribution in [0.2, 0.25) is 0 Å². The Morgan fingerprint density at radius 3 is 2.24 bits per heavy atom. The van der Waals surface area contributed by atoms with Crippen LogP contribution in [0.5, 0.6) is 0 Å². The molecule has 0 radical (unpaired) electrons. The van der Waals surface area contributed by atoms with Gasteiger partial charge < -0.3 is 4.90 Å². The van der Waals surface area contributed by atoms with Crippen LogP contribution in [0.3, 0.4) is 0 Å². The van der Waals surface area contributed by atoms with E-state index >= 15 is 0 Å². The fourth-order valence-electron chi connectivity index (χ4n) is 7.23. The third-order valence-electron chi connectivity index (χ3n) is 8.94. The maximum atomic E-state index is 6.54. The average molecular weight is 439 g/mol. The molecule has 0 aromatic carbocycles. The first-order valence-electron chi connectivity index (χ1n) is 11.5. The topological polar surface area (TPSA) is 6.25 Å². The summed E-state index contributed by atoms with van der Waals surface area (Å²) >= 11 is 13.1. The van der Waals surface area contributed by atoms with Crippen molar-refractivity contribution in [3.63, 3.8) is 0 Å². The Labute approximate surface area is 188 Å². The number of nitrogens with zero attached hydrogens (tertiary/aromatic N) is 2. The molecule has 4 rings (SSSR count). The van der Waals surface area contributed by atoms with E-state index in [9.17, 15) is 0 Å². The van der Waals surface area contributed by atoms with Crippen LogP contribution in [0.4, 0.5) is 0 Å². The number of rotatable bonds is 2. The van der Waals surface area contributed by atoms with Crippen molar-refractivity contribution in [2.45, 2.75) is 89.1 Å². The highest BCUT2D eigenvalue weighted by Gasteiger charge is 2.54. The molecule has 0 N–H and O–H groups in total. The average Bonchev–Trinajstić information content (AvgIpc) is 2.95. The molecule has 2 aliphatic heterocycles. The second-order valence-corrected chi connectivity index (χ2v) is 12.4. The Bertz CT molecular complexity index is 748. The van der Waals surface area contributed by atoms with Crippen molar-refractivity contribution in [2.75, 3.05) is 14.1 Å². The summed E-state index contributed by atoms with van der Waals surface area (Å²) in [5.41, 5.74) is 3.29. The normalized spacial score (nSPS) is 42.6. The highest BCUT2D eigenvalue weighted by atomic mass is 35.5. The Morgan fingerprint density at radius 2 is 1.55 bits per heavy atom. The Morgan fingerprint density at radius 1 is 0.931 bits per heavy atom. The molecule has 4 aliphatic rings. The van der Waals surface area contributed by atoms with Gasteiger partial charge in [-0.15, -0.1) is 23.2 Å². The molecule has 3 fully saturated rings. The van der Waals surface area contributed by atoms with Crippen molar-refractivity contribution in [1.29, 1.82) is 0 Å². The molecule has 0 aromatic rings. The summed E-state index contributed by atoms with van der Waals surface area (Å²) in [6.07, 6.45) is 14.1. The maximum Gasteiger partial charge on any atom is 0.182 e. The van der Waals surface area contributed by atoms with E-state index in [4.69, 9.17) is 23.2 Å². The van der Waals surface area contributed by atoms with Crippen molar-refractivity contribution in [3.8, 4) is 0 Å². The van der Waals surface area contributed by atoms with E-state index in [1.54, 1.807) is 0 Å². The number of hydrogen-bond acceptors (Lipinski definition) is 1. The summed E-state index contributed by atoms with van der Waals surface area (Å²) in [5, 5.41) is 0.688. The molecule has 0 amide bonds. The Balaban J connectivity index is 1.59. The molecular weight excluding hydrogens is 399 g/mol. The van der Waals surface area contributed by atoms with Gasteiger partial charge in [-0.05, 0) is 57.9 Å². The van der Waals surface area contributed by atoms with Crippen LogP contribution < -0.4 is 0 Å². The van der Waals surface area contributed by atoms with E-state index in [0.717, 1.165) is 25.7 Å². The van der Waals surface area contributed by atoms with Gasteiger partial charge in [-0.25, -0.2) is 4.58 Å². The highest BCUT2D eigenvalue weighted by molar-refractivity contribution is 6.20. The van der Waals surface area contributed by atoms with Gasteiger partial charge in [0.2, 0.25) is 0 Å². The molecule has 2 saturated carbocycles. The zero-order valence-corrected chi connectivity index (χ0v) is 20.6. The van der Waals surface area contributed by atoms with E-state index in [1.807, 2.05) is 0 Å². The predicted octanol–water partition coefficient (Wildman–Crippen LogP) is 6.07. The van der Waals surface area contributed by atoms with Gasteiger partial charge in [-0.2, -0.15) is 0 Å². The second kappa shape index (κ2) is 7.59. The molecule has 0 aromatic heterocycles. The van der Waals surface area contributed by atoms with E-state index < -0.39 is 0 Å². The van der Waals surface area contributed by atoms with Crippen molar-refractivity contribution >= 4 is 28.9 Å². The maximum absolute atomic E-state index is 6.54. The molecule has 29 heavy (non-hydrogen) atoms. The lowest BCUT2D eigenvalue weighted by atomic mass is 9.69. The summed E-state index contributed by atoms with van der Waals surface area (Å²) in [6.45, 7) is 9.65. The standard InChI is InChI=1S/C25H39Cl2N2/c1-24(2)18-14-16(26)10-12-20(18)28(5)22(24)8-7-9-23-25(3,4)19-15-17(27)11-13-21(19)29(23)6/h7-9,16-21H,10-15H2,1-6H3/q+1. The van der Waals surface area contributed by atoms with E-state index in [1.165, 1.54) is 24.3 Å². The number of halogens is 2. The smallest absolute Gasteiger partial charge is 0.182 e. The highest BCUT2D eigenvalue weighted by Crippen LogP contribution is 2.53. The lowest BCUT2D eigenvalue weighted by Crippen LogP contribution is -2.37. The predicted molar refractivity (Wildman–Crippen MR) is 125 cm³/mol. The van der Waals surface area contributed by atoms with Crippen LogP contribution in [0.25, 0.3) is 0 Å². The fraction of sp³-hybridized carbons (Fsp3) is 0.800. The molecule has 1 saturated heterocycles. The first-order chi connectivity index (χ1) is 13.5. The number of likely N-dealkylation sites (tertiary alicyclic amines) is 1. The molecular formula is C25H39Cl2N2+. The number of fused-ring (bicyclic) bond motifs is 2. The van der Waals surface area contributed by atoms with Crippen LogP contribution in [0, 0.1) is 22.7 Å². The zero-order chi connectivity index (χ0) is 21.1. The van der Waals surface area contributed by atoms with Gasteiger partial charge in [0.15, 0.2) is 11.8 Å². The Kier molecular flexibility index (Phi) is 5.69. The molecule has 6 atom stereocenters. The number of hydrogen-bond donors (Lipinski definition) is 0. The van der Waals surface area contributed by atoms with Crippen molar-refractivity contribution in [2.24, 2.45) is 22.7 Å². The van der Waals surface area contributed by atoms with Gasteiger partial charge in [0.05, 0.1) is 5.41 Å². The van der Waals surface area contributed by atoms with Crippen molar-refractivity contribution in [3.05, 3.63) is 23.9 Å². The largest absolute Gasteiger partial charge is 0.374 e. The molecule has 4 heteroatoms. The first-order valence-corrected chi connectivity index (χ1v) is 12.4. The van der Waals surface area contributed by atoms with E-state index in [2.05, 4.69) is 69.5 Å². The summed E-state index contributed by atoms with van der Waals surface area (Å²) in [6, 6.07) is 1.28. The zero-order valence-electron chi connectivity index (χ0n) is 19.1. The molecule has 0 bridgehead atoms. The lowest BCUT2D eigenvalue weighted by molar-refractivity contribution is -0.538. The minimum Gasteiger partial charge on any atom is -0.374 e. The Hall–Kier alpha value is -0.470. The first kappa shape index (κ1) is 21.8. The number of allylic oxidation sites excluding steroid dienone is 4. The van der Waals surface area contributed by atoms with Crippen molar-refractivity contribution < 1.29 is 4.58 Å². The van der Waals surface area contributed by atoms with Crippen LogP contribution in [-0.4, -0.2) is 52.1 Å². The van der Waals surface area contributed by atoms with Gasteiger partial charge in [-0.3, -0.25) is 0 Å². The second-order valence-electron chi connectivity index (χ2n) is 11.1.